The third kappa shape index (κ3) is 3.17. The number of para-hydroxylation sites is 2. The molecule has 0 aliphatic rings. The fourth-order valence-electron chi connectivity index (χ4n) is 1.93. The summed E-state index contributed by atoms with van der Waals surface area (Å²) in [5.41, 5.74) is 2.17. The number of oxazole rings is 1. The van der Waals surface area contributed by atoms with Crippen molar-refractivity contribution in [2.75, 3.05) is 12.4 Å². The molecule has 22 heavy (non-hydrogen) atoms. The second-order valence-corrected chi connectivity index (χ2v) is 4.50. The first-order valence-electron chi connectivity index (χ1n) is 6.67. The first kappa shape index (κ1) is 13.9. The number of carbonyl (C=O) groups excluding carboxylic acids is 1. The quantitative estimate of drug-likeness (QED) is 0.796. The molecule has 6 nitrogen and oxygen atoms in total. The van der Waals surface area contributed by atoms with Crippen molar-refractivity contribution >= 4 is 22.9 Å². The van der Waals surface area contributed by atoms with Crippen LogP contribution in [0.4, 0.5) is 10.5 Å². The second-order valence-electron chi connectivity index (χ2n) is 4.50. The topological polar surface area (TPSA) is 73.6 Å². The number of aromatic nitrogens is 1. The number of rotatable bonds is 4. The minimum atomic E-state index is -0.514. The Morgan fingerprint density at radius 1 is 1.18 bits per heavy atom. The highest BCUT2D eigenvalue weighted by atomic mass is 16.5. The van der Waals surface area contributed by atoms with Crippen molar-refractivity contribution in [3.05, 3.63) is 54.4 Å². The van der Waals surface area contributed by atoms with E-state index in [1.165, 1.54) is 7.11 Å². The van der Waals surface area contributed by atoms with Gasteiger partial charge in [0.25, 0.3) is 0 Å². The number of hydrogen-bond acceptors (Lipinski definition) is 5. The molecule has 0 atom stereocenters. The van der Waals surface area contributed by atoms with Crippen LogP contribution in [-0.4, -0.2) is 18.2 Å². The fraction of sp³-hybridized carbons (Fsp3) is 0.125. The Hall–Kier alpha value is -3.02. The highest BCUT2D eigenvalue weighted by Crippen LogP contribution is 2.19. The van der Waals surface area contributed by atoms with Crippen molar-refractivity contribution in [3.8, 4) is 5.75 Å². The lowest BCUT2D eigenvalue weighted by Crippen LogP contribution is -2.10. The van der Waals surface area contributed by atoms with Gasteiger partial charge >= 0.3 is 6.09 Å². The minimum absolute atomic E-state index is 0.235. The van der Waals surface area contributed by atoms with Crippen molar-refractivity contribution in [2.24, 2.45) is 0 Å². The number of ether oxygens (including phenoxy) is 2. The van der Waals surface area contributed by atoms with E-state index in [1.807, 2.05) is 24.3 Å². The molecule has 6 heteroatoms. The molecule has 0 bridgehead atoms. The van der Waals surface area contributed by atoms with Crippen LogP contribution in [0.5, 0.6) is 5.75 Å². The van der Waals surface area contributed by atoms with Gasteiger partial charge in [-0.15, -0.1) is 0 Å². The van der Waals surface area contributed by atoms with Crippen molar-refractivity contribution in [2.45, 2.75) is 6.61 Å². The second kappa shape index (κ2) is 6.17. The average molecular weight is 298 g/mol. The number of nitrogens with zero attached hydrogens (tertiary/aromatic N) is 1. The molecule has 0 aliphatic carbocycles. The van der Waals surface area contributed by atoms with E-state index >= 15 is 0 Å². The number of methoxy groups -OCH3 is 1. The Morgan fingerprint density at radius 3 is 2.68 bits per heavy atom. The van der Waals surface area contributed by atoms with Gasteiger partial charge in [-0.3, -0.25) is 5.32 Å². The number of fused-ring (bicyclic) bond motifs is 1. The highest BCUT2D eigenvalue weighted by Gasteiger charge is 2.06. The molecule has 1 aromatic heterocycles. The summed E-state index contributed by atoms with van der Waals surface area (Å²) in [5, 5.41) is 2.56. The lowest BCUT2D eigenvalue weighted by Gasteiger charge is -2.06. The first-order chi connectivity index (χ1) is 10.7. The van der Waals surface area contributed by atoms with E-state index in [1.54, 1.807) is 24.3 Å². The summed E-state index contributed by atoms with van der Waals surface area (Å²) < 4.78 is 15.7. The highest BCUT2D eigenvalue weighted by molar-refractivity contribution is 5.84. The predicted molar refractivity (Wildman–Crippen MR) is 80.8 cm³/mol. The molecule has 0 radical (unpaired) electrons. The Bertz CT molecular complexity index is 747. The third-order valence-corrected chi connectivity index (χ3v) is 2.99. The Labute approximate surface area is 126 Å². The maximum absolute atomic E-state index is 11.1. The maximum Gasteiger partial charge on any atom is 0.411 e. The van der Waals surface area contributed by atoms with E-state index in [4.69, 9.17) is 9.15 Å². The molecular formula is C16H14N2O4. The van der Waals surface area contributed by atoms with Gasteiger partial charge in [0.15, 0.2) is 12.2 Å². The van der Waals surface area contributed by atoms with Crippen LogP contribution in [0.2, 0.25) is 0 Å². The van der Waals surface area contributed by atoms with Gasteiger partial charge in [-0.2, -0.15) is 0 Å². The summed E-state index contributed by atoms with van der Waals surface area (Å²) >= 11 is 0. The number of amides is 1. The Morgan fingerprint density at radius 2 is 1.95 bits per heavy atom. The van der Waals surface area contributed by atoms with Crippen molar-refractivity contribution in [3.63, 3.8) is 0 Å². The van der Waals surface area contributed by atoms with Crippen LogP contribution in [-0.2, 0) is 11.3 Å². The summed E-state index contributed by atoms with van der Waals surface area (Å²) in [4.78, 5) is 15.4. The normalized spacial score (nSPS) is 10.4. The molecule has 0 aliphatic heterocycles. The molecular weight excluding hydrogens is 284 g/mol. The fourth-order valence-corrected chi connectivity index (χ4v) is 1.93. The van der Waals surface area contributed by atoms with Crippen LogP contribution in [0.25, 0.3) is 11.1 Å². The lowest BCUT2D eigenvalue weighted by molar-refractivity contribution is 0.187. The predicted octanol–water partition coefficient (Wildman–Crippen LogP) is 3.59. The molecule has 1 amide bonds. The zero-order chi connectivity index (χ0) is 15.4. The van der Waals surface area contributed by atoms with E-state index in [9.17, 15) is 4.79 Å². The molecule has 0 saturated carbocycles. The Kier molecular flexibility index (Phi) is 3.91. The smallest absolute Gasteiger partial charge is 0.411 e. The molecule has 112 valence electrons. The van der Waals surface area contributed by atoms with Crippen LogP contribution >= 0.6 is 0 Å². The van der Waals surface area contributed by atoms with E-state index in [2.05, 4.69) is 15.0 Å². The van der Waals surface area contributed by atoms with E-state index in [0.29, 0.717) is 17.3 Å². The molecule has 1 N–H and O–H groups in total. The standard InChI is InChI=1S/C16H14N2O4/c1-20-16(19)17-11-6-8-12(9-7-11)21-10-15-18-13-4-2-3-5-14(13)22-15/h2-9H,10H2,1H3,(H,17,19). The number of benzene rings is 2. The SMILES string of the molecule is COC(=O)Nc1ccc(OCc2nc3ccccc3o2)cc1. The summed E-state index contributed by atoms with van der Waals surface area (Å²) in [6, 6.07) is 14.5. The van der Waals surface area contributed by atoms with Crippen molar-refractivity contribution in [1.82, 2.24) is 4.98 Å². The van der Waals surface area contributed by atoms with Gasteiger partial charge in [0.1, 0.15) is 11.3 Å². The zero-order valence-electron chi connectivity index (χ0n) is 11.9. The molecule has 3 aromatic rings. The largest absolute Gasteiger partial charge is 0.484 e. The molecule has 1 heterocycles. The minimum Gasteiger partial charge on any atom is -0.484 e. The lowest BCUT2D eigenvalue weighted by atomic mass is 10.3. The molecule has 0 spiro atoms. The molecule has 2 aromatic carbocycles. The van der Waals surface area contributed by atoms with Crippen LogP contribution in [0, 0.1) is 0 Å². The number of carbonyl (C=O) groups is 1. The number of hydrogen-bond donors (Lipinski definition) is 1. The van der Waals surface area contributed by atoms with Crippen LogP contribution in [0.1, 0.15) is 5.89 Å². The first-order valence-corrected chi connectivity index (χ1v) is 6.67. The van der Waals surface area contributed by atoms with Gasteiger partial charge in [0, 0.05) is 5.69 Å². The Balaban J connectivity index is 1.62. The molecule has 0 saturated heterocycles. The van der Waals surface area contributed by atoms with Crippen LogP contribution < -0.4 is 10.1 Å². The van der Waals surface area contributed by atoms with E-state index in [0.717, 1.165) is 11.1 Å². The molecule has 0 unspecified atom stereocenters. The summed E-state index contributed by atoms with van der Waals surface area (Å²) in [7, 11) is 1.31. The summed E-state index contributed by atoms with van der Waals surface area (Å²) in [5.74, 6) is 1.16. The van der Waals surface area contributed by atoms with Crippen LogP contribution in [0.15, 0.2) is 52.9 Å². The monoisotopic (exact) mass is 298 g/mol. The van der Waals surface area contributed by atoms with Gasteiger partial charge in [-0.1, -0.05) is 12.1 Å². The maximum atomic E-state index is 11.1. The molecule has 3 rings (SSSR count). The van der Waals surface area contributed by atoms with Crippen molar-refractivity contribution in [1.29, 1.82) is 0 Å². The van der Waals surface area contributed by atoms with E-state index in [-0.39, 0.29) is 6.61 Å². The zero-order valence-corrected chi connectivity index (χ0v) is 11.9. The van der Waals surface area contributed by atoms with E-state index < -0.39 is 6.09 Å². The van der Waals surface area contributed by atoms with Gasteiger partial charge in [-0.05, 0) is 36.4 Å². The summed E-state index contributed by atoms with van der Waals surface area (Å²) in [6.45, 7) is 0.235. The number of anilines is 1. The van der Waals surface area contributed by atoms with Gasteiger partial charge in [0.2, 0.25) is 5.89 Å². The van der Waals surface area contributed by atoms with Gasteiger partial charge in [-0.25, -0.2) is 9.78 Å². The van der Waals surface area contributed by atoms with Crippen LogP contribution in [0.3, 0.4) is 0 Å². The van der Waals surface area contributed by atoms with Gasteiger partial charge in [0.05, 0.1) is 7.11 Å². The third-order valence-electron chi connectivity index (χ3n) is 2.99. The summed E-state index contributed by atoms with van der Waals surface area (Å²) in [6.07, 6.45) is -0.514. The van der Waals surface area contributed by atoms with Gasteiger partial charge < -0.3 is 13.9 Å². The van der Waals surface area contributed by atoms with Crippen molar-refractivity contribution < 1.29 is 18.7 Å². The average Bonchev–Trinajstić information content (AvgIpc) is 2.97. The molecule has 0 fully saturated rings. The number of nitrogens with one attached hydrogen (secondary N) is 1.